The lowest BCUT2D eigenvalue weighted by molar-refractivity contribution is 0.0966. The number of ether oxygens (including phenoxy) is 1. The number of carbonyl (C=O) groups excluding carboxylic acids is 1. The molecular formula is C18H28N2O4S. The molecule has 6 nitrogen and oxygen atoms in total. The van der Waals surface area contributed by atoms with Crippen molar-refractivity contribution in [2.75, 3.05) is 19.7 Å². The van der Waals surface area contributed by atoms with Gasteiger partial charge >= 0.3 is 6.09 Å². The fourth-order valence-electron chi connectivity index (χ4n) is 3.26. The lowest BCUT2D eigenvalue weighted by Crippen LogP contribution is -2.46. The highest BCUT2D eigenvalue weighted by atomic mass is 32.2. The summed E-state index contributed by atoms with van der Waals surface area (Å²) in [5.41, 5.74) is 3.53. The molecule has 0 saturated carbocycles. The minimum Gasteiger partial charge on any atom is -0.450 e. The highest BCUT2D eigenvalue weighted by molar-refractivity contribution is 7.89. The van der Waals surface area contributed by atoms with Gasteiger partial charge in [-0.3, -0.25) is 0 Å². The van der Waals surface area contributed by atoms with Gasteiger partial charge < -0.3 is 9.64 Å². The molecule has 1 N–H and O–H groups in total. The summed E-state index contributed by atoms with van der Waals surface area (Å²) in [7, 11) is -3.60. The van der Waals surface area contributed by atoms with E-state index in [2.05, 4.69) is 4.72 Å². The SMILES string of the molecule is CCOC(=O)N1CCC(NS(=O)(=O)c2c(C)c(C)cc(C)c2C)CC1. The van der Waals surface area contributed by atoms with Gasteiger partial charge in [0.25, 0.3) is 0 Å². The summed E-state index contributed by atoms with van der Waals surface area (Å²) >= 11 is 0. The third-order valence-corrected chi connectivity index (χ3v) is 6.70. The van der Waals surface area contributed by atoms with E-state index >= 15 is 0 Å². The van der Waals surface area contributed by atoms with Crippen LogP contribution in [-0.2, 0) is 14.8 Å². The Morgan fingerprint density at radius 1 is 1.16 bits per heavy atom. The number of amides is 1. The van der Waals surface area contributed by atoms with Crippen molar-refractivity contribution in [3.05, 3.63) is 28.3 Å². The average molecular weight is 368 g/mol. The van der Waals surface area contributed by atoms with E-state index in [0.717, 1.165) is 22.3 Å². The van der Waals surface area contributed by atoms with Crippen molar-refractivity contribution in [2.45, 2.75) is 58.4 Å². The van der Waals surface area contributed by atoms with Crippen LogP contribution in [0.2, 0.25) is 0 Å². The third kappa shape index (κ3) is 4.33. The summed E-state index contributed by atoms with van der Waals surface area (Å²) < 4.78 is 33.7. The Labute approximate surface area is 150 Å². The highest BCUT2D eigenvalue weighted by Crippen LogP contribution is 2.27. The number of rotatable bonds is 4. The largest absolute Gasteiger partial charge is 0.450 e. The Kier molecular flexibility index (Phi) is 6.11. The molecule has 2 rings (SSSR count). The van der Waals surface area contributed by atoms with Gasteiger partial charge in [0.2, 0.25) is 10.0 Å². The van der Waals surface area contributed by atoms with E-state index in [0.29, 0.717) is 37.4 Å². The highest BCUT2D eigenvalue weighted by Gasteiger charge is 2.29. The molecule has 1 aromatic rings. The molecule has 1 aliphatic heterocycles. The molecule has 7 heteroatoms. The molecular weight excluding hydrogens is 340 g/mol. The Balaban J connectivity index is 2.13. The number of carbonyl (C=O) groups is 1. The van der Waals surface area contributed by atoms with Crippen LogP contribution in [0.5, 0.6) is 0 Å². The van der Waals surface area contributed by atoms with E-state index in [1.807, 2.05) is 33.8 Å². The number of likely N-dealkylation sites (tertiary alicyclic amines) is 1. The summed E-state index contributed by atoms with van der Waals surface area (Å²) in [6.45, 7) is 10.7. The van der Waals surface area contributed by atoms with Crippen LogP contribution in [0.15, 0.2) is 11.0 Å². The summed E-state index contributed by atoms with van der Waals surface area (Å²) in [5.74, 6) is 0. The van der Waals surface area contributed by atoms with Crippen LogP contribution >= 0.6 is 0 Å². The van der Waals surface area contributed by atoms with Crippen molar-refractivity contribution in [3.63, 3.8) is 0 Å². The van der Waals surface area contributed by atoms with Gasteiger partial charge in [-0.25, -0.2) is 17.9 Å². The summed E-state index contributed by atoms with van der Waals surface area (Å²) in [4.78, 5) is 13.8. The maximum atomic E-state index is 12.9. The average Bonchev–Trinajstić information content (AvgIpc) is 2.53. The Hall–Kier alpha value is -1.60. The smallest absolute Gasteiger partial charge is 0.409 e. The standard InChI is InChI=1S/C18H28N2O4S/c1-6-24-18(21)20-9-7-16(8-10-20)19-25(22,23)17-14(4)12(2)11-13(3)15(17)5/h11,16,19H,6-10H2,1-5H3. The number of benzene rings is 1. The maximum Gasteiger partial charge on any atom is 0.409 e. The molecule has 0 bridgehead atoms. The van der Waals surface area contributed by atoms with Crippen molar-refractivity contribution >= 4 is 16.1 Å². The van der Waals surface area contributed by atoms with Crippen LogP contribution in [-0.4, -0.2) is 45.1 Å². The monoisotopic (exact) mass is 368 g/mol. The van der Waals surface area contributed by atoms with Gasteiger partial charge in [-0.15, -0.1) is 0 Å². The Morgan fingerprint density at radius 2 is 1.68 bits per heavy atom. The maximum absolute atomic E-state index is 12.9. The lowest BCUT2D eigenvalue weighted by Gasteiger charge is -2.31. The predicted molar refractivity (Wildman–Crippen MR) is 97.3 cm³/mol. The van der Waals surface area contributed by atoms with Crippen LogP contribution in [0.1, 0.15) is 42.0 Å². The minimum atomic E-state index is -3.60. The van der Waals surface area contributed by atoms with Crippen LogP contribution in [0.3, 0.4) is 0 Å². The normalized spacial score (nSPS) is 16.1. The first-order valence-electron chi connectivity index (χ1n) is 8.68. The van der Waals surface area contributed by atoms with Crippen LogP contribution in [0.4, 0.5) is 4.79 Å². The molecule has 1 amide bonds. The Bertz CT molecular complexity index is 725. The summed E-state index contributed by atoms with van der Waals surface area (Å²) in [6.07, 6.45) is 0.840. The van der Waals surface area contributed by atoms with Crippen molar-refractivity contribution in [1.29, 1.82) is 0 Å². The van der Waals surface area contributed by atoms with Crippen LogP contribution in [0.25, 0.3) is 0 Å². The molecule has 140 valence electrons. The van der Waals surface area contributed by atoms with Gasteiger partial charge in [0.1, 0.15) is 0 Å². The van der Waals surface area contributed by atoms with Gasteiger partial charge in [0.15, 0.2) is 0 Å². The Morgan fingerprint density at radius 3 is 2.16 bits per heavy atom. The quantitative estimate of drug-likeness (QED) is 0.887. The number of piperidine rings is 1. The van der Waals surface area contributed by atoms with E-state index in [1.165, 1.54) is 0 Å². The summed E-state index contributed by atoms with van der Waals surface area (Å²) in [5, 5.41) is 0. The van der Waals surface area contributed by atoms with Crippen LogP contribution in [0, 0.1) is 27.7 Å². The molecule has 0 aromatic heterocycles. The molecule has 1 aromatic carbocycles. The summed E-state index contributed by atoms with van der Waals surface area (Å²) in [6, 6.07) is 1.84. The zero-order chi connectivity index (χ0) is 18.8. The van der Waals surface area contributed by atoms with Gasteiger partial charge in [-0.05, 0) is 69.7 Å². The molecule has 1 saturated heterocycles. The second kappa shape index (κ2) is 7.74. The molecule has 1 heterocycles. The van der Waals surface area contributed by atoms with E-state index in [9.17, 15) is 13.2 Å². The van der Waals surface area contributed by atoms with E-state index in [1.54, 1.807) is 11.8 Å². The first-order valence-corrected chi connectivity index (χ1v) is 10.2. The number of hydrogen-bond acceptors (Lipinski definition) is 4. The van der Waals surface area contributed by atoms with Gasteiger partial charge in [-0.2, -0.15) is 0 Å². The zero-order valence-corrected chi connectivity index (χ0v) is 16.5. The second-order valence-corrected chi connectivity index (χ2v) is 8.32. The van der Waals surface area contributed by atoms with Gasteiger partial charge in [0, 0.05) is 19.1 Å². The van der Waals surface area contributed by atoms with Crippen molar-refractivity contribution in [1.82, 2.24) is 9.62 Å². The molecule has 1 aliphatic rings. The van der Waals surface area contributed by atoms with Crippen molar-refractivity contribution in [3.8, 4) is 0 Å². The molecule has 0 aliphatic carbocycles. The topological polar surface area (TPSA) is 75.7 Å². The van der Waals surface area contributed by atoms with Crippen molar-refractivity contribution < 1.29 is 17.9 Å². The van der Waals surface area contributed by atoms with E-state index in [4.69, 9.17) is 4.74 Å². The van der Waals surface area contributed by atoms with Gasteiger partial charge in [-0.1, -0.05) is 6.07 Å². The van der Waals surface area contributed by atoms with E-state index in [-0.39, 0.29) is 12.1 Å². The van der Waals surface area contributed by atoms with E-state index < -0.39 is 10.0 Å². The fourth-order valence-corrected chi connectivity index (χ4v) is 5.18. The fraction of sp³-hybridized carbons (Fsp3) is 0.611. The number of nitrogens with one attached hydrogen (secondary N) is 1. The lowest BCUT2D eigenvalue weighted by atomic mass is 10.0. The number of hydrogen-bond donors (Lipinski definition) is 1. The van der Waals surface area contributed by atoms with Gasteiger partial charge in [0.05, 0.1) is 11.5 Å². The molecule has 25 heavy (non-hydrogen) atoms. The zero-order valence-electron chi connectivity index (χ0n) is 15.7. The van der Waals surface area contributed by atoms with Crippen molar-refractivity contribution in [2.24, 2.45) is 0 Å². The first-order chi connectivity index (χ1) is 11.7. The third-order valence-electron chi connectivity index (χ3n) is 4.91. The second-order valence-electron chi connectivity index (χ2n) is 6.67. The molecule has 0 spiro atoms. The molecule has 0 unspecified atom stereocenters. The minimum absolute atomic E-state index is 0.171. The first kappa shape index (κ1) is 19.7. The number of nitrogens with zero attached hydrogens (tertiary/aromatic N) is 1. The molecule has 0 atom stereocenters. The molecule has 0 radical (unpaired) electrons. The number of sulfonamides is 1. The predicted octanol–water partition coefficient (Wildman–Crippen LogP) is 2.82. The number of aryl methyl sites for hydroxylation is 2. The molecule has 1 fully saturated rings. The van der Waals surface area contributed by atoms with Crippen LogP contribution < -0.4 is 4.72 Å².